The zero-order valence-corrected chi connectivity index (χ0v) is 14.9. The molecule has 4 rings (SSSR count). The molecule has 2 aliphatic rings. The molecule has 2 saturated heterocycles. The summed E-state index contributed by atoms with van der Waals surface area (Å²) in [6.07, 6.45) is 3.55. The van der Waals surface area contributed by atoms with Crippen molar-refractivity contribution in [3.63, 3.8) is 0 Å². The third-order valence-electron chi connectivity index (χ3n) is 5.62. The highest BCUT2D eigenvalue weighted by atomic mass is 19.1. The summed E-state index contributed by atoms with van der Waals surface area (Å²) >= 11 is 0. The number of anilines is 1. The highest BCUT2D eigenvalue weighted by molar-refractivity contribution is 5.39. The van der Waals surface area contributed by atoms with E-state index in [1.807, 2.05) is 6.07 Å². The number of rotatable bonds is 4. The molecule has 26 heavy (non-hydrogen) atoms. The van der Waals surface area contributed by atoms with E-state index in [0.29, 0.717) is 12.0 Å². The van der Waals surface area contributed by atoms with E-state index in [1.54, 1.807) is 18.2 Å². The Labute approximate surface area is 152 Å². The van der Waals surface area contributed by atoms with Crippen LogP contribution in [0.2, 0.25) is 0 Å². The number of nitrogens with zero attached hydrogens (tertiary/aromatic N) is 3. The van der Waals surface area contributed by atoms with Crippen LogP contribution < -0.4 is 9.64 Å². The molecular weight excluding hydrogens is 336 g/mol. The second-order valence-electron chi connectivity index (χ2n) is 7.12. The van der Waals surface area contributed by atoms with Crippen molar-refractivity contribution >= 4 is 5.82 Å². The maximum Gasteiger partial charge on any atom is 0.165 e. The fourth-order valence-corrected chi connectivity index (χ4v) is 4.23. The Hall–Kier alpha value is -2.21. The molecule has 1 aromatic carbocycles. The van der Waals surface area contributed by atoms with Crippen LogP contribution in [0.3, 0.4) is 0 Å². The van der Waals surface area contributed by atoms with Gasteiger partial charge in [-0.15, -0.1) is 0 Å². The third kappa shape index (κ3) is 3.38. The van der Waals surface area contributed by atoms with E-state index in [9.17, 15) is 8.78 Å². The molecular formula is C20H23F2N3O. The van der Waals surface area contributed by atoms with Gasteiger partial charge in [0.15, 0.2) is 11.6 Å². The van der Waals surface area contributed by atoms with Crippen LogP contribution in [0.1, 0.15) is 18.4 Å². The van der Waals surface area contributed by atoms with Crippen molar-refractivity contribution in [3.8, 4) is 5.75 Å². The fourth-order valence-electron chi connectivity index (χ4n) is 4.23. The summed E-state index contributed by atoms with van der Waals surface area (Å²) in [5.41, 5.74) is 0.959. The largest absolute Gasteiger partial charge is 0.494 e. The van der Waals surface area contributed by atoms with E-state index in [-0.39, 0.29) is 17.4 Å². The van der Waals surface area contributed by atoms with Gasteiger partial charge in [0.25, 0.3) is 0 Å². The van der Waals surface area contributed by atoms with E-state index in [0.717, 1.165) is 44.0 Å². The monoisotopic (exact) mass is 359 g/mol. The van der Waals surface area contributed by atoms with Crippen LogP contribution in [0.5, 0.6) is 5.75 Å². The molecule has 2 atom stereocenters. The zero-order chi connectivity index (χ0) is 18.1. The van der Waals surface area contributed by atoms with Gasteiger partial charge in [-0.05, 0) is 55.1 Å². The zero-order valence-electron chi connectivity index (χ0n) is 14.9. The molecule has 1 aromatic heterocycles. The molecule has 138 valence electrons. The normalized spacial score (nSPS) is 23.1. The quantitative estimate of drug-likeness (QED) is 0.836. The Morgan fingerprint density at radius 3 is 2.73 bits per heavy atom. The molecule has 6 heteroatoms. The Bertz CT molecular complexity index is 768. The number of benzene rings is 1. The Morgan fingerprint density at radius 1 is 1.15 bits per heavy atom. The highest BCUT2D eigenvalue weighted by Crippen LogP contribution is 2.34. The summed E-state index contributed by atoms with van der Waals surface area (Å²) in [5, 5.41) is 0. The number of ether oxygens (including phenoxy) is 1. The standard InChI is InChI=1S/C20H23F2N3O/c1-26-19-4-2-14(10-17(19)22)12-24-8-6-15-7-9-25(13-18(15)24)20-5-3-16(21)11-23-20/h2-5,10-11,15,18H,6-9,12-13H2,1H3. The predicted molar refractivity (Wildman–Crippen MR) is 96.3 cm³/mol. The number of fused-ring (bicyclic) bond motifs is 1. The second-order valence-corrected chi connectivity index (χ2v) is 7.12. The van der Waals surface area contributed by atoms with Gasteiger partial charge in [-0.1, -0.05) is 6.07 Å². The fraction of sp³-hybridized carbons (Fsp3) is 0.450. The topological polar surface area (TPSA) is 28.6 Å². The van der Waals surface area contributed by atoms with Crippen molar-refractivity contribution in [3.05, 3.63) is 53.7 Å². The van der Waals surface area contributed by atoms with Gasteiger partial charge in [-0.2, -0.15) is 0 Å². The Kier molecular flexibility index (Phi) is 4.76. The minimum absolute atomic E-state index is 0.277. The minimum atomic E-state index is -0.318. The molecule has 0 amide bonds. The number of hydrogen-bond acceptors (Lipinski definition) is 4. The Morgan fingerprint density at radius 2 is 2.00 bits per heavy atom. The lowest BCUT2D eigenvalue weighted by atomic mass is 9.92. The number of methoxy groups -OCH3 is 1. The van der Waals surface area contributed by atoms with Crippen LogP contribution >= 0.6 is 0 Å². The third-order valence-corrected chi connectivity index (χ3v) is 5.62. The van der Waals surface area contributed by atoms with Crippen molar-refractivity contribution in [2.45, 2.75) is 25.4 Å². The molecule has 3 heterocycles. The summed E-state index contributed by atoms with van der Waals surface area (Å²) in [6, 6.07) is 8.80. The molecule has 2 fully saturated rings. The summed E-state index contributed by atoms with van der Waals surface area (Å²) in [6.45, 7) is 3.58. The number of likely N-dealkylation sites (tertiary alicyclic amines) is 1. The van der Waals surface area contributed by atoms with Gasteiger partial charge in [-0.25, -0.2) is 13.8 Å². The lowest BCUT2D eigenvalue weighted by Gasteiger charge is -2.39. The Balaban J connectivity index is 1.47. The van der Waals surface area contributed by atoms with Crippen LogP contribution in [0, 0.1) is 17.6 Å². The van der Waals surface area contributed by atoms with E-state index in [1.165, 1.54) is 25.8 Å². The van der Waals surface area contributed by atoms with Gasteiger partial charge in [-0.3, -0.25) is 4.90 Å². The average molecular weight is 359 g/mol. The van der Waals surface area contributed by atoms with E-state index >= 15 is 0 Å². The summed E-state index contributed by atoms with van der Waals surface area (Å²) in [5.74, 6) is 1.13. The van der Waals surface area contributed by atoms with E-state index in [4.69, 9.17) is 4.74 Å². The smallest absolute Gasteiger partial charge is 0.165 e. The first-order valence-corrected chi connectivity index (χ1v) is 9.07. The van der Waals surface area contributed by atoms with Gasteiger partial charge in [0.2, 0.25) is 0 Å². The van der Waals surface area contributed by atoms with Gasteiger partial charge < -0.3 is 9.64 Å². The van der Waals surface area contributed by atoms with Gasteiger partial charge >= 0.3 is 0 Å². The van der Waals surface area contributed by atoms with Crippen molar-refractivity contribution in [2.24, 2.45) is 5.92 Å². The van der Waals surface area contributed by atoms with Crippen LogP contribution in [0.25, 0.3) is 0 Å². The molecule has 2 aliphatic heterocycles. The number of aromatic nitrogens is 1. The summed E-state index contributed by atoms with van der Waals surface area (Å²) < 4.78 is 32.1. The molecule has 4 nitrogen and oxygen atoms in total. The van der Waals surface area contributed by atoms with Crippen LogP contribution in [-0.4, -0.2) is 42.7 Å². The van der Waals surface area contributed by atoms with E-state index in [2.05, 4.69) is 14.8 Å². The number of hydrogen-bond donors (Lipinski definition) is 0. The summed E-state index contributed by atoms with van der Waals surface area (Å²) in [4.78, 5) is 8.89. The molecule has 0 radical (unpaired) electrons. The summed E-state index contributed by atoms with van der Waals surface area (Å²) in [7, 11) is 1.48. The molecule has 0 bridgehead atoms. The molecule has 0 aliphatic carbocycles. The molecule has 2 unspecified atom stereocenters. The number of piperidine rings is 1. The van der Waals surface area contributed by atoms with Gasteiger partial charge in [0.1, 0.15) is 11.6 Å². The van der Waals surface area contributed by atoms with Gasteiger partial charge in [0.05, 0.1) is 13.3 Å². The van der Waals surface area contributed by atoms with Gasteiger partial charge in [0, 0.05) is 25.7 Å². The maximum absolute atomic E-state index is 14.0. The average Bonchev–Trinajstić information content (AvgIpc) is 3.05. The first kappa shape index (κ1) is 17.2. The molecule has 0 saturated carbocycles. The highest BCUT2D eigenvalue weighted by Gasteiger charge is 2.38. The maximum atomic E-state index is 14.0. The number of pyridine rings is 1. The van der Waals surface area contributed by atoms with Crippen LogP contribution in [-0.2, 0) is 6.54 Å². The van der Waals surface area contributed by atoms with E-state index < -0.39 is 0 Å². The lowest BCUT2D eigenvalue weighted by molar-refractivity contribution is 0.200. The minimum Gasteiger partial charge on any atom is -0.494 e. The van der Waals surface area contributed by atoms with Crippen molar-refractivity contribution in [1.82, 2.24) is 9.88 Å². The van der Waals surface area contributed by atoms with Crippen molar-refractivity contribution < 1.29 is 13.5 Å². The molecule has 0 spiro atoms. The van der Waals surface area contributed by atoms with Crippen LogP contribution in [0.15, 0.2) is 36.5 Å². The first-order chi connectivity index (χ1) is 12.6. The van der Waals surface area contributed by atoms with Crippen molar-refractivity contribution in [1.29, 1.82) is 0 Å². The molecule has 0 N–H and O–H groups in total. The van der Waals surface area contributed by atoms with Crippen LogP contribution in [0.4, 0.5) is 14.6 Å². The number of halogens is 2. The second kappa shape index (κ2) is 7.19. The molecule has 2 aromatic rings. The predicted octanol–water partition coefficient (Wildman–Crippen LogP) is 3.47. The van der Waals surface area contributed by atoms with Crippen molar-refractivity contribution in [2.75, 3.05) is 31.6 Å². The lowest BCUT2D eigenvalue weighted by Crippen LogP contribution is -2.48. The first-order valence-electron chi connectivity index (χ1n) is 9.07. The SMILES string of the molecule is COc1ccc(CN2CCC3CCN(c4ccc(F)cn4)CC32)cc1F.